The Morgan fingerprint density at radius 2 is 1.86 bits per heavy atom. The first-order valence-corrected chi connectivity index (χ1v) is 22.7. The summed E-state index contributed by atoms with van der Waals surface area (Å²) in [6.07, 6.45) is 9.65. The quantitative estimate of drug-likeness (QED) is 0.130. The van der Waals surface area contributed by atoms with E-state index >= 15 is 8.78 Å². The second-order valence-electron chi connectivity index (χ2n) is 20.7. The molecule has 5 saturated carbocycles. The minimum absolute atomic E-state index is 0.170. The largest absolute Gasteiger partial charge is 0.447 e. The van der Waals surface area contributed by atoms with Crippen molar-refractivity contribution >= 4 is 18.0 Å². The summed E-state index contributed by atoms with van der Waals surface area (Å²) in [6.45, 7) is 14.1. The highest BCUT2D eigenvalue weighted by molar-refractivity contribution is 5.69. The van der Waals surface area contributed by atoms with Crippen LogP contribution in [0.5, 0.6) is 0 Å². The Morgan fingerprint density at radius 3 is 2.57 bits per heavy atom. The van der Waals surface area contributed by atoms with Crippen molar-refractivity contribution in [3.05, 3.63) is 70.3 Å². The van der Waals surface area contributed by atoms with E-state index in [1.165, 1.54) is 12.0 Å². The van der Waals surface area contributed by atoms with Gasteiger partial charge in [0.25, 0.3) is 0 Å². The van der Waals surface area contributed by atoms with Crippen molar-refractivity contribution in [2.24, 2.45) is 34.5 Å². The number of nitrogen functional groups attached to an aromatic ring is 1. The van der Waals surface area contributed by atoms with Gasteiger partial charge in [0.05, 0.1) is 12.2 Å². The molecule has 7 N–H and O–H groups in total. The molecule has 2 amide bonds. The number of alkyl halides is 2. The third-order valence-corrected chi connectivity index (χ3v) is 14.8. The lowest BCUT2D eigenvalue weighted by Gasteiger charge is -2.46. The number of hydrogen-bond acceptors (Lipinski definition) is 11. The van der Waals surface area contributed by atoms with E-state index in [-0.39, 0.29) is 29.2 Å². The zero-order valence-electron chi connectivity index (χ0n) is 37.2. The number of aliphatic hydroxyl groups is 3. The third kappa shape index (κ3) is 10.4. The van der Waals surface area contributed by atoms with Gasteiger partial charge in [-0.1, -0.05) is 64.2 Å². The number of alkyl carbamates (subject to hydrolysis) is 2. The monoisotopic (exact) mass is 883 g/mol. The average molecular weight is 884 g/mol. The van der Waals surface area contributed by atoms with Gasteiger partial charge in [-0.05, 0) is 129 Å². The fourth-order valence-corrected chi connectivity index (χ4v) is 11.9. The van der Waals surface area contributed by atoms with Crippen LogP contribution in [0.1, 0.15) is 118 Å². The summed E-state index contributed by atoms with van der Waals surface area (Å²) in [7, 11) is 0. The molecule has 5 aliphatic carbocycles. The summed E-state index contributed by atoms with van der Waals surface area (Å²) in [5.41, 5.74) is 6.20. The minimum atomic E-state index is -3.91. The molecule has 1 aromatic rings. The fourth-order valence-electron chi connectivity index (χ4n) is 11.9. The zero-order valence-corrected chi connectivity index (χ0v) is 37.2. The number of nitrogens with two attached hydrogens (primary N) is 1. The van der Waals surface area contributed by atoms with Gasteiger partial charge in [0.2, 0.25) is 6.23 Å². The van der Waals surface area contributed by atoms with E-state index in [1.54, 1.807) is 6.92 Å². The SMILES string of the molecule is C=C1/C(=C\C=C2/CCC[C@@]3(C)C2CCC3[C@@H](C)/C=C/C(O)C2CC2)C[C@@H](O)C[C@@H]1OC(=O)NC1CC(C)(C)CC(C)(NC(=O)OCC2OC(n3ccc(N)nc3=O)C(F)(F)C2O)C1. The van der Waals surface area contributed by atoms with Crippen molar-refractivity contribution < 1.29 is 47.9 Å². The molecule has 14 nitrogen and oxygen atoms in total. The predicted molar refractivity (Wildman–Crippen MR) is 231 cm³/mol. The third-order valence-electron chi connectivity index (χ3n) is 14.8. The van der Waals surface area contributed by atoms with Gasteiger partial charge in [-0.25, -0.2) is 14.4 Å². The Kier molecular flexibility index (Phi) is 13.4. The number of nitrogens with one attached hydrogen (secondary N) is 2. The molecule has 348 valence electrons. The molecule has 2 heterocycles. The van der Waals surface area contributed by atoms with Crippen molar-refractivity contribution in [3.63, 3.8) is 0 Å². The fraction of sp³-hybridized carbons (Fsp3) is 0.702. The number of nitrogens with zero attached hydrogens (tertiary/aromatic N) is 2. The smallest absolute Gasteiger partial charge is 0.407 e. The van der Waals surface area contributed by atoms with Gasteiger partial charge in [0.15, 0.2) is 6.10 Å². The van der Waals surface area contributed by atoms with E-state index in [9.17, 15) is 29.7 Å². The van der Waals surface area contributed by atoms with Gasteiger partial charge < -0.3 is 45.9 Å². The summed E-state index contributed by atoms with van der Waals surface area (Å²) < 4.78 is 47.1. The molecular weight excluding hydrogens is 817 g/mol. The van der Waals surface area contributed by atoms with Crippen LogP contribution in [0.25, 0.3) is 0 Å². The van der Waals surface area contributed by atoms with Gasteiger partial charge >= 0.3 is 23.8 Å². The van der Waals surface area contributed by atoms with Crippen LogP contribution in [-0.2, 0) is 14.2 Å². The highest BCUT2D eigenvalue weighted by atomic mass is 19.3. The Balaban J connectivity index is 0.931. The van der Waals surface area contributed by atoms with Gasteiger partial charge in [-0.15, -0.1) is 0 Å². The average Bonchev–Trinajstić information content (AvgIpc) is 3.93. The summed E-state index contributed by atoms with van der Waals surface area (Å²) >= 11 is 0. The van der Waals surface area contributed by atoms with Crippen LogP contribution in [-0.4, -0.2) is 91.7 Å². The van der Waals surface area contributed by atoms with E-state index in [0.29, 0.717) is 59.5 Å². The number of hydrogen-bond donors (Lipinski definition) is 6. The number of carbonyl (C=O) groups is 2. The van der Waals surface area contributed by atoms with Crippen LogP contribution in [0.15, 0.2) is 64.7 Å². The van der Waals surface area contributed by atoms with Crippen LogP contribution in [0.4, 0.5) is 24.2 Å². The molecule has 12 atom stereocenters. The molecule has 1 aliphatic heterocycles. The lowest BCUT2D eigenvalue weighted by molar-refractivity contribution is -0.140. The zero-order chi connectivity index (χ0) is 45.6. The maximum Gasteiger partial charge on any atom is 0.407 e. The summed E-state index contributed by atoms with van der Waals surface area (Å²) in [4.78, 5) is 42.3. The Hall–Kier alpha value is -4.12. The highest BCUT2D eigenvalue weighted by Gasteiger charge is 2.60. The molecule has 16 heteroatoms. The van der Waals surface area contributed by atoms with Crippen LogP contribution in [0, 0.1) is 34.5 Å². The topological polar surface area (TPSA) is 207 Å². The number of ether oxygens (including phenoxy) is 3. The van der Waals surface area contributed by atoms with E-state index in [0.717, 1.165) is 56.4 Å². The number of carbonyl (C=O) groups excluding carboxylic acids is 2. The molecule has 0 aromatic carbocycles. The van der Waals surface area contributed by atoms with Gasteiger partial charge in [0, 0.05) is 24.2 Å². The second kappa shape index (κ2) is 18.0. The molecule has 0 bridgehead atoms. The van der Waals surface area contributed by atoms with Crippen LogP contribution in [0.2, 0.25) is 0 Å². The maximum atomic E-state index is 15.0. The summed E-state index contributed by atoms with van der Waals surface area (Å²) in [5, 5.41) is 37.6. The lowest BCUT2D eigenvalue weighted by Crippen LogP contribution is -2.58. The molecule has 63 heavy (non-hydrogen) atoms. The van der Waals surface area contributed by atoms with Crippen molar-refractivity contribution in [1.29, 1.82) is 0 Å². The number of aliphatic hydroxyl groups excluding tert-OH is 3. The molecule has 7 rings (SSSR count). The van der Waals surface area contributed by atoms with E-state index in [4.69, 9.17) is 19.9 Å². The number of halogens is 2. The summed E-state index contributed by atoms with van der Waals surface area (Å²) in [5.74, 6) is -2.28. The molecule has 6 fully saturated rings. The minimum Gasteiger partial charge on any atom is -0.447 e. The molecular formula is C47H67F2N5O9. The number of anilines is 1. The number of fused-ring (bicyclic) bond motifs is 1. The Morgan fingerprint density at radius 1 is 1.11 bits per heavy atom. The lowest BCUT2D eigenvalue weighted by atomic mass is 9.61. The van der Waals surface area contributed by atoms with E-state index < -0.39 is 72.6 Å². The number of allylic oxidation sites excluding steroid dienone is 4. The first-order chi connectivity index (χ1) is 29.6. The van der Waals surface area contributed by atoms with Crippen molar-refractivity contribution in [3.8, 4) is 0 Å². The first-order valence-electron chi connectivity index (χ1n) is 22.7. The number of rotatable bonds is 11. The molecule has 6 aliphatic rings. The van der Waals surface area contributed by atoms with E-state index in [2.05, 4.69) is 54.3 Å². The van der Waals surface area contributed by atoms with Crippen molar-refractivity contribution in [2.75, 3.05) is 12.3 Å². The Labute approximate surface area is 368 Å². The molecule has 1 saturated heterocycles. The van der Waals surface area contributed by atoms with Crippen molar-refractivity contribution in [1.82, 2.24) is 20.2 Å². The van der Waals surface area contributed by atoms with Gasteiger partial charge in [-0.3, -0.25) is 4.57 Å². The molecule has 1 aromatic heterocycles. The second-order valence-corrected chi connectivity index (χ2v) is 20.7. The molecule has 0 radical (unpaired) electrons. The van der Waals surface area contributed by atoms with Crippen molar-refractivity contribution in [2.45, 2.75) is 166 Å². The Bertz CT molecular complexity index is 2050. The number of amides is 2. The van der Waals surface area contributed by atoms with Crippen LogP contribution in [0.3, 0.4) is 0 Å². The maximum absolute atomic E-state index is 15.0. The predicted octanol–water partition coefficient (Wildman–Crippen LogP) is 6.62. The standard InChI is InChI=1S/C47H67F2N5O9/c1-26(9-16-35(56)29-11-12-29)33-14-15-34-28(8-7-18-46(33,34)6)10-13-30-20-32(55)21-36(27(30)2)63-42(59)51-31-22-44(3,4)25-45(5,23-31)53-43(60)61-24-37-39(57)47(48,49)40(62-37)54-19-17-38(50)52-41(54)58/h9-10,13,16-17,19,26,29,31-37,39-40,55-57H,2,7-8,11-12,14-15,18,20-25H2,1,3-6H3,(H,51,59)(H,53,60)(H2,50,52,58)/b16-9+,28-10+,30-13-/t26-,31?,32+,33?,34?,35?,36-,37?,39?,40?,45?,46+/m0/s1. The normalized spacial score (nSPS) is 37.4. The van der Waals surface area contributed by atoms with Crippen LogP contribution >= 0.6 is 0 Å². The first kappa shape index (κ1) is 46.9. The summed E-state index contributed by atoms with van der Waals surface area (Å²) in [6, 6.07) is 0.708. The molecule has 8 unspecified atom stereocenters. The van der Waals surface area contributed by atoms with Gasteiger partial charge in [-0.2, -0.15) is 13.8 Å². The number of aromatic nitrogens is 2. The van der Waals surface area contributed by atoms with E-state index in [1.807, 2.05) is 19.9 Å². The van der Waals surface area contributed by atoms with Gasteiger partial charge in [0.1, 0.15) is 24.6 Å². The van der Waals surface area contributed by atoms with Crippen LogP contribution < -0.4 is 22.1 Å². The molecule has 0 spiro atoms. The highest BCUT2D eigenvalue weighted by Crippen LogP contribution is 2.59.